The molecule has 0 bridgehead atoms. The van der Waals surface area contributed by atoms with Gasteiger partial charge < -0.3 is 10.2 Å². The lowest BCUT2D eigenvalue weighted by molar-refractivity contribution is 0.141. The van der Waals surface area contributed by atoms with Crippen LogP contribution in [-0.2, 0) is 6.54 Å². The van der Waals surface area contributed by atoms with Crippen molar-refractivity contribution in [1.29, 1.82) is 0 Å². The fourth-order valence-corrected chi connectivity index (χ4v) is 2.85. The summed E-state index contributed by atoms with van der Waals surface area (Å²) in [7, 11) is 0. The van der Waals surface area contributed by atoms with Gasteiger partial charge in [-0.25, -0.2) is 4.39 Å². The monoisotopic (exact) mass is 291 g/mol. The van der Waals surface area contributed by atoms with Gasteiger partial charge in [-0.1, -0.05) is 17.9 Å². The number of piperidine rings is 1. The number of aliphatic hydroxyl groups is 2. The van der Waals surface area contributed by atoms with Gasteiger partial charge in [0.05, 0.1) is 0 Å². The van der Waals surface area contributed by atoms with Gasteiger partial charge in [0, 0.05) is 30.8 Å². The molecule has 0 spiro atoms. The second-order valence-corrected chi connectivity index (χ2v) is 5.52. The molecule has 1 unspecified atom stereocenters. The molecule has 1 heterocycles. The maximum Gasteiger partial charge on any atom is 0.128 e. The summed E-state index contributed by atoms with van der Waals surface area (Å²) in [6, 6.07) is 4.98. The highest BCUT2D eigenvalue weighted by Gasteiger charge is 2.20. The standard InChI is InChI=1S/C17H22FNO2/c18-17-11-14(4-2-9-20)5-6-16(17)13-19-8-1-3-15(12-19)7-10-21/h5-6,11,15,20-21H,1,3,7-10,12-13H2. The highest BCUT2D eigenvalue weighted by Crippen LogP contribution is 2.22. The first-order valence-corrected chi connectivity index (χ1v) is 7.44. The molecule has 0 aromatic heterocycles. The molecular weight excluding hydrogens is 269 g/mol. The van der Waals surface area contributed by atoms with Gasteiger partial charge >= 0.3 is 0 Å². The summed E-state index contributed by atoms with van der Waals surface area (Å²) < 4.78 is 14.1. The van der Waals surface area contributed by atoms with E-state index in [0.717, 1.165) is 32.4 Å². The summed E-state index contributed by atoms with van der Waals surface area (Å²) in [5.41, 5.74) is 1.26. The number of hydrogen-bond acceptors (Lipinski definition) is 3. The predicted molar refractivity (Wildman–Crippen MR) is 80.1 cm³/mol. The first-order chi connectivity index (χ1) is 10.2. The lowest BCUT2D eigenvalue weighted by atomic mass is 9.95. The summed E-state index contributed by atoms with van der Waals surface area (Å²) in [5, 5.41) is 17.7. The molecule has 0 amide bonds. The average Bonchev–Trinajstić information content (AvgIpc) is 2.48. The van der Waals surface area contributed by atoms with Crippen molar-refractivity contribution >= 4 is 0 Å². The number of halogens is 1. The van der Waals surface area contributed by atoms with Crippen molar-refractivity contribution in [2.24, 2.45) is 5.92 Å². The van der Waals surface area contributed by atoms with Crippen molar-refractivity contribution in [3.63, 3.8) is 0 Å². The maximum absolute atomic E-state index is 14.1. The van der Waals surface area contributed by atoms with Crippen LogP contribution in [0.2, 0.25) is 0 Å². The average molecular weight is 291 g/mol. The minimum Gasteiger partial charge on any atom is -0.396 e. The Morgan fingerprint density at radius 1 is 1.33 bits per heavy atom. The number of hydrogen-bond donors (Lipinski definition) is 2. The number of aliphatic hydroxyl groups excluding tert-OH is 2. The number of rotatable bonds is 4. The van der Waals surface area contributed by atoms with E-state index in [1.165, 1.54) is 6.07 Å². The van der Waals surface area contributed by atoms with E-state index in [-0.39, 0.29) is 19.0 Å². The normalized spacial score (nSPS) is 19.1. The fraction of sp³-hybridized carbons (Fsp3) is 0.529. The predicted octanol–water partition coefficient (Wildman–Crippen LogP) is 1.76. The summed E-state index contributed by atoms with van der Waals surface area (Å²) >= 11 is 0. The van der Waals surface area contributed by atoms with Crippen LogP contribution < -0.4 is 0 Å². The SMILES string of the molecule is OCC#Cc1ccc(CN2CCCC(CCO)C2)c(F)c1. The minimum atomic E-state index is -0.246. The number of nitrogens with zero attached hydrogens (tertiary/aromatic N) is 1. The van der Waals surface area contributed by atoms with Gasteiger partial charge in [0.1, 0.15) is 12.4 Å². The van der Waals surface area contributed by atoms with Gasteiger partial charge in [-0.15, -0.1) is 0 Å². The zero-order valence-corrected chi connectivity index (χ0v) is 12.2. The van der Waals surface area contributed by atoms with Crippen molar-refractivity contribution in [2.45, 2.75) is 25.8 Å². The highest BCUT2D eigenvalue weighted by atomic mass is 19.1. The second kappa shape index (κ2) is 8.14. The molecule has 1 aliphatic heterocycles. The molecular formula is C17H22FNO2. The molecule has 21 heavy (non-hydrogen) atoms. The molecule has 114 valence electrons. The van der Waals surface area contributed by atoms with E-state index in [4.69, 9.17) is 10.2 Å². The molecule has 0 radical (unpaired) electrons. The van der Waals surface area contributed by atoms with Crippen LogP contribution >= 0.6 is 0 Å². The van der Waals surface area contributed by atoms with Gasteiger partial charge in [0.2, 0.25) is 0 Å². The molecule has 0 aliphatic carbocycles. The molecule has 2 rings (SSSR count). The van der Waals surface area contributed by atoms with Crippen molar-refractivity contribution < 1.29 is 14.6 Å². The summed E-state index contributed by atoms with van der Waals surface area (Å²) in [5.74, 6) is 5.49. The lowest BCUT2D eigenvalue weighted by Crippen LogP contribution is -2.35. The second-order valence-electron chi connectivity index (χ2n) is 5.52. The zero-order valence-electron chi connectivity index (χ0n) is 12.2. The molecule has 1 aromatic carbocycles. The van der Waals surface area contributed by atoms with Crippen LogP contribution in [0, 0.1) is 23.6 Å². The van der Waals surface area contributed by atoms with Crippen molar-refractivity contribution in [1.82, 2.24) is 4.90 Å². The van der Waals surface area contributed by atoms with Gasteiger partial charge in [0.25, 0.3) is 0 Å². The van der Waals surface area contributed by atoms with Crippen LogP contribution in [0.15, 0.2) is 18.2 Å². The quantitative estimate of drug-likeness (QED) is 0.831. The Bertz CT molecular complexity index is 519. The molecule has 1 aromatic rings. The van der Waals surface area contributed by atoms with Crippen LogP contribution in [0.4, 0.5) is 4.39 Å². The third kappa shape index (κ3) is 4.82. The molecule has 1 saturated heterocycles. The summed E-state index contributed by atoms with van der Waals surface area (Å²) in [4.78, 5) is 2.25. The van der Waals surface area contributed by atoms with Gasteiger partial charge in [-0.3, -0.25) is 4.90 Å². The van der Waals surface area contributed by atoms with Gasteiger partial charge in [-0.2, -0.15) is 0 Å². The summed E-state index contributed by atoms with van der Waals surface area (Å²) in [6.07, 6.45) is 3.08. The van der Waals surface area contributed by atoms with E-state index in [1.807, 2.05) is 0 Å². The van der Waals surface area contributed by atoms with Crippen LogP contribution in [0.3, 0.4) is 0 Å². The largest absolute Gasteiger partial charge is 0.396 e. The van der Waals surface area contributed by atoms with E-state index in [9.17, 15) is 4.39 Å². The van der Waals surface area contributed by atoms with E-state index in [0.29, 0.717) is 23.6 Å². The zero-order chi connectivity index (χ0) is 15.1. The first-order valence-electron chi connectivity index (χ1n) is 7.44. The molecule has 0 saturated carbocycles. The summed E-state index contributed by atoms with van der Waals surface area (Å²) in [6.45, 7) is 2.51. The lowest BCUT2D eigenvalue weighted by Gasteiger charge is -2.32. The van der Waals surface area contributed by atoms with Crippen molar-refractivity contribution in [3.05, 3.63) is 35.1 Å². The Kier molecular flexibility index (Phi) is 6.19. The Labute approximate surface area is 125 Å². The molecule has 3 nitrogen and oxygen atoms in total. The smallest absolute Gasteiger partial charge is 0.128 e. The van der Waals surface area contributed by atoms with Crippen LogP contribution in [0.1, 0.15) is 30.4 Å². The Morgan fingerprint density at radius 2 is 2.19 bits per heavy atom. The number of benzene rings is 1. The minimum absolute atomic E-state index is 0.219. The Hall–Kier alpha value is -1.41. The fourth-order valence-electron chi connectivity index (χ4n) is 2.85. The Morgan fingerprint density at radius 3 is 2.90 bits per heavy atom. The molecule has 4 heteroatoms. The Balaban J connectivity index is 1.99. The number of likely N-dealkylation sites (tertiary alicyclic amines) is 1. The van der Waals surface area contributed by atoms with Crippen LogP contribution in [0.25, 0.3) is 0 Å². The third-order valence-corrected chi connectivity index (χ3v) is 3.90. The van der Waals surface area contributed by atoms with Crippen LogP contribution in [0.5, 0.6) is 0 Å². The van der Waals surface area contributed by atoms with Crippen molar-refractivity contribution in [2.75, 3.05) is 26.3 Å². The first kappa shape index (κ1) is 16.0. The molecule has 1 atom stereocenters. The van der Waals surface area contributed by atoms with E-state index in [2.05, 4.69) is 16.7 Å². The van der Waals surface area contributed by atoms with Crippen molar-refractivity contribution in [3.8, 4) is 11.8 Å². The third-order valence-electron chi connectivity index (χ3n) is 3.90. The highest BCUT2D eigenvalue weighted by molar-refractivity contribution is 5.37. The molecule has 1 aliphatic rings. The van der Waals surface area contributed by atoms with E-state index < -0.39 is 0 Å². The topological polar surface area (TPSA) is 43.7 Å². The van der Waals surface area contributed by atoms with E-state index >= 15 is 0 Å². The van der Waals surface area contributed by atoms with Crippen LogP contribution in [-0.4, -0.2) is 41.4 Å². The molecule has 2 N–H and O–H groups in total. The van der Waals surface area contributed by atoms with Gasteiger partial charge in [0.15, 0.2) is 0 Å². The maximum atomic E-state index is 14.1. The van der Waals surface area contributed by atoms with E-state index in [1.54, 1.807) is 12.1 Å². The molecule has 1 fully saturated rings. The van der Waals surface area contributed by atoms with Gasteiger partial charge in [-0.05, 0) is 43.9 Å².